The molecule has 0 amide bonds. The van der Waals surface area contributed by atoms with Crippen LogP contribution in [0, 0.1) is 0 Å². The fourth-order valence-corrected chi connectivity index (χ4v) is 0.207. The van der Waals surface area contributed by atoms with Gasteiger partial charge in [0.05, 0.1) is 6.61 Å². The summed E-state index contributed by atoms with van der Waals surface area (Å²) in [4.78, 5) is 19.3. The quantitative estimate of drug-likeness (QED) is 0.595. The van der Waals surface area contributed by atoms with Gasteiger partial charge in [0.1, 0.15) is 6.61 Å². The number of carbonyl (C=O) groups excluding carboxylic acids is 1. The second-order valence-electron chi connectivity index (χ2n) is 1.71. The minimum atomic E-state index is -0.745. The van der Waals surface area contributed by atoms with E-state index in [1.807, 2.05) is 0 Å². The molecule has 0 saturated heterocycles. The maximum Gasteiger partial charge on any atom is 0.331 e. The standard InChI is InChI=1S/C4H8O3.C3H6O2/c1-2-7-4(6)3-5;1-2-3(4)5/h5H,2-3H2,1H3;2H2,1H3,(H,4,5). The molecule has 0 rings (SSSR count). The molecule has 0 aliphatic carbocycles. The van der Waals surface area contributed by atoms with Crippen LogP contribution in [-0.4, -0.2) is 35.4 Å². The zero-order valence-corrected chi connectivity index (χ0v) is 7.24. The number of esters is 1. The Labute approximate surface area is 71.0 Å². The minimum absolute atomic E-state index is 0.222. The lowest BCUT2D eigenvalue weighted by atomic mass is 10.5. The van der Waals surface area contributed by atoms with Crippen LogP contribution < -0.4 is 0 Å². The molecule has 0 aliphatic rings. The number of hydrogen-bond acceptors (Lipinski definition) is 4. The zero-order chi connectivity index (χ0) is 9.98. The van der Waals surface area contributed by atoms with E-state index >= 15 is 0 Å². The second kappa shape index (κ2) is 9.90. The van der Waals surface area contributed by atoms with Crippen molar-refractivity contribution in [1.29, 1.82) is 0 Å². The van der Waals surface area contributed by atoms with E-state index < -0.39 is 18.5 Å². The van der Waals surface area contributed by atoms with Crippen molar-refractivity contribution in [2.24, 2.45) is 0 Å². The van der Waals surface area contributed by atoms with Gasteiger partial charge < -0.3 is 14.9 Å². The fraction of sp³-hybridized carbons (Fsp3) is 0.714. The van der Waals surface area contributed by atoms with Crippen LogP contribution in [0.1, 0.15) is 20.3 Å². The number of carbonyl (C=O) groups is 2. The minimum Gasteiger partial charge on any atom is -0.481 e. The normalized spacial score (nSPS) is 7.92. The Morgan fingerprint density at radius 1 is 1.33 bits per heavy atom. The van der Waals surface area contributed by atoms with E-state index in [1.165, 1.54) is 0 Å². The highest BCUT2D eigenvalue weighted by Crippen LogP contribution is 1.71. The highest BCUT2D eigenvalue weighted by molar-refractivity contribution is 5.70. The van der Waals surface area contributed by atoms with Crippen LogP contribution in [0.3, 0.4) is 0 Å². The summed E-state index contributed by atoms with van der Waals surface area (Å²) in [5.41, 5.74) is 0. The van der Waals surface area contributed by atoms with Crippen molar-refractivity contribution in [3.05, 3.63) is 0 Å². The van der Waals surface area contributed by atoms with E-state index in [-0.39, 0.29) is 6.42 Å². The predicted octanol–water partition coefficient (Wildman–Crippen LogP) is 0.0228. The highest BCUT2D eigenvalue weighted by Gasteiger charge is 1.92. The molecule has 0 unspecified atom stereocenters. The van der Waals surface area contributed by atoms with Crippen LogP contribution in [-0.2, 0) is 14.3 Å². The smallest absolute Gasteiger partial charge is 0.331 e. The number of hydrogen-bond donors (Lipinski definition) is 2. The maximum atomic E-state index is 9.94. The first-order chi connectivity index (χ1) is 5.58. The molecule has 5 nitrogen and oxygen atoms in total. The third kappa shape index (κ3) is 16.0. The number of aliphatic hydroxyl groups is 1. The van der Waals surface area contributed by atoms with Gasteiger partial charge >= 0.3 is 11.9 Å². The summed E-state index contributed by atoms with van der Waals surface area (Å²) in [6.07, 6.45) is 0.222. The number of carboxylic acids is 1. The number of aliphatic hydroxyl groups excluding tert-OH is 1. The summed E-state index contributed by atoms with van der Waals surface area (Å²) in [5.74, 6) is -1.31. The van der Waals surface area contributed by atoms with E-state index in [0.717, 1.165) is 0 Å². The third-order valence-corrected chi connectivity index (χ3v) is 0.737. The van der Waals surface area contributed by atoms with Gasteiger partial charge in [0.2, 0.25) is 0 Å². The van der Waals surface area contributed by atoms with Crippen molar-refractivity contribution in [1.82, 2.24) is 0 Å². The summed E-state index contributed by atoms with van der Waals surface area (Å²) in [7, 11) is 0. The first-order valence-electron chi connectivity index (χ1n) is 3.56. The van der Waals surface area contributed by atoms with Crippen molar-refractivity contribution in [2.75, 3.05) is 13.2 Å². The van der Waals surface area contributed by atoms with Crippen molar-refractivity contribution in [2.45, 2.75) is 20.3 Å². The molecule has 0 atom stereocenters. The topological polar surface area (TPSA) is 83.8 Å². The SMILES string of the molecule is CCC(=O)O.CCOC(=O)CO. The first-order valence-corrected chi connectivity index (χ1v) is 3.56. The zero-order valence-electron chi connectivity index (χ0n) is 7.24. The highest BCUT2D eigenvalue weighted by atomic mass is 16.5. The molecular formula is C7H14O5. The van der Waals surface area contributed by atoms with Gasteiger partial charge in [-0.15, -0.1) is 0 Å². The van der Waals surface area contributed by atoms with Gasteiger partial charge in [-0.1, -0.05) is 6.92 Å². The first kappa shape index (κ1) is 13.5. The van der Waals surface area contributed by atoms with E-state index in [9.17, 15) is 9.59 Å². The molecule has 0 radical (unpaired) electrons. The molecular weight excluding hydrogens is 164 g/mol. The lowest BCUT2D eigenvalue weighted by Gasteiger charge is -1.93. The summed E-state index contributed by atoms with van der Waals surface area (Å²) < 4.78 is 4.30. The molecule has 0 bridgehead atoms. The number of carboxylic acid groups (broad SMARTS) is 1. The van der Waals surface area contributed by atoms with Crippen LogP contribution in [0.4, 0.5) is 0 Å². The van der Waals surface area contributed by atoms with Gasteiger partial charge in [0, 0.05) is 6.42 Å². The largest absolute Gasteiger partial charge is 0.481 e. The summed E-state index contributed by atoms with van der Waals surface area (Å²) in [5, 5.41) is 15.7. The fourth-order valence-electron chi connectivity index (χ4n) is 0.207. The van der Waals surface area contributed by atoms with E-state index in [4.69, 9.17) is 10.2 Å². The van der Waals surface area contributed by atoms with Gasteiger partial charge in [-0.25, -0.2) is 4.79 Å². The molecule has 12 heavy (non-hydrogen) atoms. The summed E-state index contributed by atoms with van der Waals surface area (Å²) in [6, 6.07) is 0. The van der Waals surface area contributed by atoms with Gasteiger partial charge in [0.25, 0.3) is 0 Å². The molecule has 0 aromatic carbocycles. The van der Waals surface area contributed by atoms with Crippen LogP contribution in [0.5, 0.6) is 0 Å². The molecule has 0 spiro atoms. The van der Waals surface area contributed by atoms with Gasteiger partial charge in [-0.3, -0.25) is 4.79 Å². The van der Waals surface area contributed by atoms with Crippen molar-refractivity contribution in [3.8, 4) is 0 Å². The lowest BCUT2D eigenvalue weighted by molar-refractivity contribution is -0.146. The van der Waals surface area contributed by atoms with Crippen molar-refractivity contribution < 1.29 is 24.5 Å². The van der Waals surface area contributed by atoms with Crippen LogP contribution in [0.15, 0.2) is 0 Å². The monoisotopic (exact) mass is 178 g/mol. The lowest BCUT2D eigenvalue weighted by Crippen LogP contribution is -2.07. The Balaban J connectivity index is 0. The van der Waals surface area contributed by atoms with Gasteiger partial charge in [-0.2, -0.15) is 0 Å². The van der Waals surface area contributed by atoms with E-state index in [2.05, 4.69) is 4.74 Å². The van der Waals surface area contributed by atoms with Crippen LogP contribution in [0.2, 0.25) is 0 Å². The van der Waals surface area contributed by atoms with Gasteiger partial charge in [0.15, 0.2) is 0 Å². The Morgan fingerprint density at radius 2 is 1.75 bits per heavy atom. The molecule has 2 N–H and O–H groups in total. The molecule has 0 saturated carbocycles. The summed E-state index contributed by atoms with van der Waals surface area (Å²) in [6.45, 7) is 3.10. The molecule has 5 heteroatoms. The maximum absolute atomic E-state index is 9.94. The summed E-state index contributed by atoms with van der Waals surface area (Å²) >= 11 is 0. The number of ether oxygens (including phenoxy) is 1. The van der Waals surface area contributed by atoms with E-state index in [0.29, 0.717) is 6.61 Å². The molecule has 72 valence electrons. The Bertz CT molecular complexity index is 132. The van der Waals surface area contributed by atoms with Gasteiger partial charge in [-0.05, 0) is 6.92 Å². The Morgan fingerprint density at radius 3 is 1.83 bits per heavy atom. The van der Waals surface area contributed by atoms with Crippen molar-refractivity contribution >= 4 is 11.9 Å². The predicted molar refractivity (Wildman–Crippen MR) is 41.6 cm³/mol. The third-order valence-electron chi connectivity index (χ3n) is 0.737. The Kier molecular flexibility index (Phi) is 11.1. The molecule has 0 heterocycles. The second-order valence-corrected chi connectivity index (χ2v) is 1.71. The number of rotatable bonds is 3. The molecule has 0 aliphatic heterocycles. The van der Waals surface area contributed by atoms with Crippen LogP contribution >= 0.6 is 0 Å². The average Bonchev–Trinajstić information content (AvgIpc) is 2.06. The average molecular weight is 178 g/mol. The molecule has 0 aromatic heterocycles. The molecule has 0 fully saturated rings. The molecule has 0 aromatic rings. The Hall–Kier alpha value is -1.10. The van der Waals surface area contributed by atoms with Crippen molar-refractivity contribution in [3.63, 3.8) is 0 Å². The van der Waals surface area contributed by atoms with Crippen LogP contribution in [0.25, 0.3) is 0 Å². The number of aliphatic carboxylic acids is 1. The van der Waals surface area contributed by atoms with E-state index in [1.54, 1.807) is 13.8 Å².